The molecule has 0 bridgehead atoms. The van der Waals surface area contributed by atoms with Crippen LogP contribution in [-0.4, -0.2) is 56.8 Å². The molecule has 1 aliphatic heterocycles. The molecule has 44 heavy (non-hydrogen) atoms. The maximum Gasteiger partial charge on any atom is 0.338 e. The van der Waals surface area contributed by atoms with Gasteiger partial charge in [0.15, 0.2) is 9.84 Å². The van der Waals surface area contributed by atoms with Crippen LogP contribution in [0.15, 0.2) is 60.9 Å². The zero-order valence-corrected chi connectivity index (χ0v) is 27.5. The number of carboxylic acid groups (broad SMARTS) is 1. The average Bonchev–Trinajstić information content (AvgIpc) is 3.79. The minimum atomic E-state index is -3.60. The number of benzene rings is 2. The van der Waals surface area contributed by atoms with Crippen LogP contribution in [0.5, 0.6) is 0 Å². The monoisotopic (exact) mass is 657 g/mol. The van der Waals surface area contributed by atoms with Gasteiger partial charge in [0, 0.05) is 40.8 Å². The molecule has 2 aliphatic rings. The number of carboxylic acids is 1. The van der Waals surface area contributed by atoms with E-state index in [1.54, 1.807) is 39.0 Å². The predicted molar refractivity (Wildman–Crippen MR) is 171 cm³/mol. The van der Waals surface area contributed by atoms with Crippen molar-refractivity contribution in [1.29, 1.82) is 0 Å². The number of sulfone groups is 1. The number of hydrogen-bond donors (Lipinski definition) is 1. The fraction of sp³-hybridized carbons (Fsp3) is 0.455. The lowest BCUT2D eigenvalue weighted by Crippen LogP contribution is -2.59. The number of amides is 1. The highest BCUT2D eigenvalue weighted by Crippen LogP contribution is 2.54. The first-order chi connectivity index (χ1) is 20.6. The lowest BCUT2D eigenvalue weighted by molar-refractivity contribution is -0.154. The van der Waals surface area contributed by atoms with Gasteiger partial charge in [-0.25, -0.2) is 23.2 Å². The van der Waals surface area contributed by atoms with E-state index in [4.69, 9.17) is 23.2 Å². The number of rotatable bonds is 9. The lowest BCUT2D eigenvalue weighted by atomic mass is 9.67. The third kappa shape index (κ3) is 6.65. The van der Waals surface area contributed by atoms with E-state index in [2.05, 4.69) is 9.97 Å². The Kier molecular flexibility index (Phi) is 8.88. The first-order valence-corrected chi connectivity index (χ1v) is 17.1. The van der Waals surface area contributed by atoms with Crippen LogP contribution in [0.2, 0.25) is 10.0 Å². The Morgan fingerprint density at radius 1 is 1.05 bits per heavy atom. The number of carbonyl (C=O) groups is 2. The highest BCUT2D eigenvalue weighted by Gasteiger charge is 2.55. The molecular weight excluding hydrogens is 621 g/mol. The Bertz CT molecular complexity index is 1650. The van der Waals surface area contributed by atoms with E-state index in [0.717, 1.165) is 24.0 Å². The fourth-order valence-corrected chi connectivity index (χ4v) is 7.92. The number of aromatic nitrogens is 2. The van der Waals surface area contributed by atoms with Crippen molar-refractivity contribution in [2.75, 3.05) is 5.75 Å². The Balaban J connectivity index is 1.68. The number of carbonyl (C=O) groups excluding carboxylic acids is 1. The molecule has 1 saturated carbocycles. The second-order valence-electron chi connectivity index (χ2n) is 13.3. The maximum atomic E-state index is 15.0. The van der Waals surface area contributed by atoms with Gasteiger partial charge in [-0.3, -0.25) is 4.79 Å². The smallest absolute Gasteiger partial charge is 0.338 e. The van der Waals surface area contributed by atoms with Gasteiger partial charge in [0.05, 0.1) is 27.5 Å². The standard InChI is InChI=1S/C33H37Cl2N3O5S/c1-32(2,3)44(42,43)19-27(20-8-9-20)38-29(21-10-12-24(34)13-11-21)26(22-6-5-7-25(35)14-22)15-33(4,31(38)41)16-28-36-17-23(18-37-28)30(39)40/h5-7,10-14,17-18,20,26-27,29H,8-9,15-16,19H2,1-4H3,(H,39,40)/t26-,27-,29-,33-/m1/s1. The molecular formula is C33H37Cl2N3O5S. The minimum absolute atomic E-state index is 0.0411. The van der Waals surface area contributed by atoms with E-state index >= 15 is 0 Å². The molecule has 0 radical (unpaired) electrons. The molecule has 0 spiro atoms. The number of hydrogen-bond acceptors (Lipinski definition) is 6. The molecule has 1 aromatic heterocycles. The Morgan fingerprint density at radius 3 is 2.23 bits per heavy atom. The van der Waals surface area contributed by atoms with Crippen LogP contribution in [0, 0.1) is 11.3 Å². The molecule has 8 nitrogen and oxygen atoms in total. The second kappa shape index (κ2) is 12.1. The van der Waals surface area contributed by atoms with Crippen LogP contribution in [0.1, 0.15) is 86.2 Å². The summed E-state index contributed by atoms with van der Waals surface area (Å²) in [6, 6.07) is 13.9. The fourth-order valence-electron chi connectivity index (χ4n) is 6.22. The third-order valence-corrected chi connectivity index (χ3v) is 12.1. The summed E-state index contributed by atoms with van der Waals surface area (Å²) in [5.41, 5.74) is 0.711. The van der Waals surface area contributed by atoms with Gasteiger partial charge >= 0.3 is 5.97 Å². The number of likely N-dealkylation sites (tertiary alicyclic amines) is 1. The normalized spacial score (nSPS) is 23.4. The summed E-state index contributed by atoms with van der Waals surface area (Å²) in [7, 11) is -3.60. The van der Waals surface area contributed by atoms with Crippen LogP contribution in [0.3, 0.4) is 0 Å². The van der Waals surface area contributed by atoms with Crippen LogP contribution < -0.4 is 0 Å². The summed E-state index contributed by atoms with van der Waals surface area (Å²) in [6.45, 7) is 6.95. The third-order valence-electron chi connectivity index (χ3n) is 8.94. The molecule has 1 N–H and O–H groups in total. The predicted octanol–water partition coefficient (Wildman–Crippen LogP) is 6.78. The zero-order chi connectivity index (χ0) is 32.0. The van der Waals surface area contributed by atoms with Gasteiger partial charge < -0.3 is 10.0 Å². The van der Waals surface area contributed by atoms with Crippen LogP contribution in [0.4, 0.5) is 0 Å². The van der Waals surface area contributed by atoms with Gasteiger partial charge in [0.1, 0.15) is 5.82 Å². The van der Waals surface area contributed by atoms with Crippen LogP contribution >= 0.6 is 23.2 Å². The molecule has 5 rings (SSSR count). The van der Waals surface area contributed by atoms with Gasteiger partial charge in [-0.1, -0.05) is 54.4 Å². The van der Waals surface area contributed by atoms with Crippen LogP contribution in [-0.2, 0) is 21.1 Å². The molecule has 11 heteroatoms. The summed E-state index contributed by atoms with van der Waals surface area (Å²) >= 11 is 12.8. The van der Waals surface area contributed by atoms with Crippen molar-refractivity contribution < 1.29 is 23.1 Å². The highest BCUT2D eigenvalue weighted by atomic mass is 35.5. The minimum Gasteiger partial charge on any atom is -0.478 e. The number of aromatic carboxylic acids is 1. The van der Waals surface area contributed by atoms with Crippen molar-refractivity contribution in [2.24, 2.45) is 11.3 Å². The highest BCUT2D eigenvalue weighted by molar-refractivity contribution is 7.92. The number of nitrogens with zero attached hydrogens (tertiary/aromatic N) is 3. The van der Waals surface area contributed by atoms with Gasteiger partial charge in [0.25, 0.3) is 0 Å². The van der Waals surface area contributed by atoms with E-state index in [1.165, 1.54) is 12.4 Å². The Morgan fingerprint density at radius 2 is 1.68 bits per heavy atom. The second-order valence-corrected chi connectivity index (χ2v) is 17.0. The van der Waals surface area contributed by atoms with E-state index < -0.39 is 38.1 Å². The van der Waals surface area contributed by atoms with Gasteiger partial charge in [-0.05, 0) is 81.3 Å². The molecule has 0 unspecified atom stereocenters. The van der Waals surface area contributed by atoms with Crippen molar-refractivity contribution in [3.8, 4) is 0 Å². The Labute approximate surface area is 268 Å². The summed E-state index contributed by atoms with van der Waals surface area (Å²) in [5, 5.41) is 10.4. The van der Waals surface area contributed by atoms with E-state index in [-0.39, 0.29) is 35.5 Å². The van der Waals surface area contributed by atoms with Crippen LogP contribution in [0.25, 0.3) is 0 Å². The van der Waals surface area contributed by atoms with Gasteiger partial charge in [-0.15, -0.1) is 0 Å². The van der Waals surface area contributed by atoms with Crippen molar-refractivity contribution in [3.05, 3.63) is 93.5 Å². The molecule has 4 atom stereocenters. The molecule has 2 heterocycles. The molecule has 234 valence electrons. The van der Waals surface area contributed by atoms with Crippen molar-refractivity contribution in [3.63, 3.8) is 0 Å². The average molecular weight is 659 g/mol. The molecule has 1 aliphatic carbocycles. The SMILES string of the molecule is CC(C)(C)S(=O)(=O)C[C@H](C1CC1)N1C(=O)[C@@](C)(Cc2ncc(C(=O)O)cn2)C[C@H](c2cccc(Cl)c2)[C@H]1c1ccc(Cl)cc1. The van der Waals surface area contributed by atoms with E-state index in [1.807, 2.05) is 42.2 Å². The first-order valence-electron chi connectivity index (χ1n) is 14.7. The molecule has 1 amide bonds. The van der Waals surface area contributed by atoms with Crippen molar-refractivity contribution in [2.45, 2.75) is 76.1 Å². The first kappa shape index (κ1) is 32.4. The lowest BCUT2D eigenvalue weighted by Gasteiger charge is -2.52. The molecule has 1 saturated heterocycles. The Hall–Kier alpha value is -3.01. The molecule has 3 aromatic rings. The topological polar surface area (TPSA) is 118 Å². The number of piperidine rings is 1. The van der Waals surface area contributed by atoms with Crippen molar-refractivity contribution >= 4 is 44.9 Å². The summed E-state index contributed by atoms with van der Waals surface area (Å²) in [5.74, 6) is -1.34. The van der Waals surface area contributed by atoms with Gasteiger partial charge in [0.2, 0.25) is 5.91 Å². The van der Waals surface area contributed by atoms with E-state index in [9.17, 15) is 23.1 Å². The van der Waals surface area contributed by atoms with Crippen molar-refractivity contribution in [1.82, 2.24) is 14.9 Å². The largest absolute Gasteiger partial charge is 0.478 e. The van der Waals surface area contributed by atoms with E-state index in [0.29, 0.717) is 22.3 Å². The van der Waals surface area contributed by atoms with Gasteiger partial charge in [-0.2, -0.15) is 0 Å². The molecule has 2 aromatic carbocycles. The maximum absolute atomic E-state index is 15.0. The summed E-state index contributed by atoms with van der Waals surface area (Å²) in [6.07, 6.45) is 4.71. The molecule has 2 fully saturated rings. The summed E-state index contributed by atoms with van der Waals surface area (Å²) < 4.78 is 26.5. The number of halogens is 2. The quantitative estimate of drug-likeness (QED) is 0.269. The zero-order valence-electron chi connectivity index (χ0n) is 25.2. The summed E-state index contributed by atoms with van der Waals surface area (Å²) in [4.78, 5) is 36.8.